The summed E-state index contributed by atoms with van der Waals surface area (Å²) in [7, 11) is 0. The number of hydrazine groups is 1. The summed E-state index contributed by atoms with van der Waals surface area (Å²) >= 11 is 0. The molecule has 2 aromatic carbocycles. The van der Waals surface area contributed by atoms with Crippen molar-refractivity contribution in [2.24, 2.45) is 0 Å². The second-order valence-corrected chi connectivity index (χ2v) is 4.94. The largest absolute Gasteiger partial charge is 0.478 e. The van der Waals surface area contributed by atoms with Gasteiger partial charge in [0.2, 0.25) is 0 Å². The summed E-state index contributed by atoms with van der Waals surface area (Å²) in [5, 5.41) is 10.7. The number of carbonyl (C=O) groups is 2. The maximum Gasteiger partial charge on any atom is 0.279 e. The Kier molecular flexibility index (Phi) is 5.62. The predicted octanol–water partition coefficient (Wildman–Crippen LogP) is 1.96. The number of rotatable bonds is 5. The lowest BCUT2D eigenvalue weighted by Gasteiger charge is -2.15. The molecule has 1 unspecified atom stereocenters. The molecule has 0 saturated heterocycles. The molecule has 9 heteroatoms. The van der Waals surface area contributed by atoms with E-state index in [4.69, 9.17) is 4.74 Å². The first-order valence-electron chi connectivity index (χ1n) is 7.14. The van der Waals surface area contributed by atoms with Gasteiger partial charge in [-0.25, -0.2) is 4.39 Å². The molecule has 2 amide bonds. The SMILES string of the molecule is CC(Oc1ccccc1F)C(=O)NNC(=O)c1cccc([N+](=O)[O-])c1. The highest BCUT2D eigenvalue weighted by atomic mass is 19.1. The van der Waals surface area contributed by atoms with Crippen molar-refractivity contribution in [3.63, 3.8) is 0 Å². The third kappa shape index (κ3) is 4.74. The van der Waals surface area contributed by atoms with E-state index in [1.807, 2.05) is 0 Å². The van der Waals surface area contributed by atoms with Gasteiger partial charge in [0.05, 0.1) is 4.92 Å². The number of halogens is 1. The number of ether oxygens (including phenoxy) is 1. The van der Waals surface area contributed by atoms with Gasteiger partial charge in [0.25, 0.3) is 17.5 Å². The molecule has 0 aromatic heterocycles. The number of nitro benzene ring substituents is 1. The zero-order valence-corrected chi connectivity index (χ0v) is 13.1. The van der Waals surface area contributed by atoms with Crippen LogP contribution in [0.3, 0.4) is 0 Å². The van der Waals surface area contributed by atoms with Gasteiger partial charge >= 0.3 is 0 Å². The number of hydrogen-bond donors (Lipinski definition) is 2. The van der Waals surface area contributed by atoms with E-state index in [0.29, 0.717) is 0 Å². The topological polar surface area (TPSA) is 111 Å². The molecule has 0 fully saturated rings. The van der Waals surface area contributed by atoms with Gasteiger partial charge in [-0.1, -0.05) is 18.2 Å². The Balaban J connectivity index is 1.92. The molecule has 0 aliphatic carbocycles. The maximum atomic E-state index is 13.5. The van der Waals surface area contributed by atoms with E-state index in [0.717, 1.165) is 6.07 Å². The number of nitro groups is 1. The maximum absolute atomic E-state index is 13.5. The van der Waals surface area contributed by atoms with Crippen LogP contribution in [0.5, 0.6) is 5.75 Å². The molecule has 0 aliphatic heterocycles. The molecule has 0 aliphatic rings. The summed E-state index contributed by atoms with van der Waals surface area (Å²) in [6, 6.07) is 10.6. The molecule has 2 N–H and O–H groups in total. The van der Waals surface area contributed by atoms with Crippen molar-refractivity contribution >= 4 is 17.5 Å². The highest BCUT2D eigenvalue weighted by molar-refractivity contribution is 5.96. The Morgan fingerprint density at radius 2 is 1.88 bits per heavy atom. The second-order valence-electron chi connectivity index (χ2n) is 4.94. The number of amides is 2. The number of para-hydroxylation sites is 1. The molecule has 25 heavy (non-hydrogen) atoms. The van der Waals surface area contributed by atoms with Crippen molar-refractivity contribution in [3.8, 4) is 5.75 Å². The molecule has 0 saturated carbocycles. The highest BCUT2D eigenvalue weighted by Crippen LogP contribution is 2.17. The number of carbonyl (C=O) groups excluding carboxylic acids is 2. The Hall–Kier alpha value is -3.49. The molecular weight excluding hydrogens is 333 g/mol. The standard InChI is InChI=1S/C16H14FN3O5/c1-10(25-14-8-3-2-7-13(14)17)15(21)18-19-16(22)11-5-4-6-12(9-11)20(23)24/h2-10H,1H3,(H,18,21)(H,19,22). The monoisotopic (exact) mass is 347 g/mol. The Bertz CT molecular complexity index is 812. The average Bonchev–Trinajstić information content (AvgIpc) is 2.61. The van der Waals surface area contributed by atoms with Gasteiger partial charge in [-0.05, 0) is 25.1 Å². The fraction of sp³-hybridized carbons (Fsp3) is 0.125. The van der Waals surface area contributed by atoms with E-state index in [2.05, 4.69) is 10.9 Å². The molecular formula is C16H14FN3O5. The van der Waals surface area contributed by atoms with Crippen LogP contribution >= 0.6 is 0 Å². The fourth-order valence-corrected chi connectivity index (χ4v) is 1.84. The molecule has 0 heterocycles. The van der Waals surface area contributed by atoms with Crippen LogP contribution in [0.1, 0.15) is 17.3 Å². The smallest absolute Gasteiger partial charge is 0.279 e. The van der Waals surface area contributed by atoms with Gasteiger partial charge in [0.15, 0.2) is 17.7 Å². The van der Waals surface area contributed by atoms with Crippen LogP contribution in [0.4, 0.5) is 10.1 Å². The summed E-state index contributed by atoms with van der Waals surface area (Å²) in [5.74, 6) is -2.19. The van der Waals surface area contributed by atoms with Crippen LogP contribution in [-0.2, 0) is 4.79 Å². The summed E-state index contributed by atoms with van der Waals surface area (Å²) in [4.78, 5) is 33.8. The van der Waals surface area contributed by atoms with Crippen molar-refractivity contribution in [2.45, 2.75) is 13.0 Å². The Labute approximate surface area is 141 Å². The van der Waals surface area contributed by atoms with E-state index in [1.54, 1.807) is 6.07 Å². The second kappa shape index (κ2) is 7.86. The van der Waals surface area contributed by atoms with Crippen LogP contribution in [0.2, 0.25) is 0 Å². The molecule has 8 nitrogen and oxygen atoms in total. The van der Waals surface area contributed by atoms with Crippen molar-refractivity contribution in [3.05, 3.63) is 70.0 Å². The zero-order valence-electron chi connectivity index (χ0n) is 13.1. The number of benzene rings is 2. The summed E-state index contributed by atoms with van der Waals surface area (Å²) in [6.07, 6.45) is -1.08. The van der Waals surface area contributed by atoms with Gasteiger partial charge in [0.1, 0.15) is 0 Å². The van der Waals surface area contributed by atoms with Crippen LogP contribution in [0, 0.1) is 15.9 Å². The summed E-state index contributed by atoms with van der Waals surface area (Å²) in [5.41, 5.74) is 3.97. The van der Waals surface area contributed by atoms with E-state index >= 15 is 0 Å². The van der Waals surface area contributed by atoms with E-state index < -0.39 is 28.7 Å². The van der Waals surface area contributed by atoms with Crippen molar-refractivity contribution < 1.29 is 23.6 Å². The highest BCUT2D eigenvalue weighted by Gasteiger charge is 2.18. The predicted molar refractivity (Wildman–Crippen MR) is 85.2 cm³/mol. The molecule has 0 spiro atoms. The quantitative estimate of drug-likeness (QED) is 0.634. The first kappa shape index (κ1) is 17.9. The number of nitrogens with one attached hydrogen (secondary N) is 2. The van der Waals surface area contributed by atoms with E-state index in [1.165, 1.54) is 43.3 Å². The summed E-state index contributed by atoms with van der Waals surface area (Å²) < 4.78 is 18.6. The minimum Gasteiger partial charge on any atom is -0.478 e. The zero-order chi connectivity index (χ0) is 18.4. The van der Waals surface area contributed by atoms with E-state index in [-0.39, 0.29) is 17.0 Å². The fourth-order valence-electron chi connectivity index (χ4n) is 1.84. The number of hydrogen-bond acceptors (Lipinski definition) is 5. The normalized spacial score (nSPS) is 11.3. The number of non-ortho nitro benzene ring substituents is 1. The third-order valence-corrected chi connectivity index (χ3v) is 3.13. The van der Waals surface area contributed by atoms with Crippen molar-refractivity contribution in [1.29, 1.82) is 0 Å². The minimum absolute atomic E-state index is 0.00262. The lowest BCUT2D eigenvalue weighted by molar-refractivity contribution is -0.384. The molecule has 2 rings (SSSR count). The van der Waals surface area contributed by atoms with Gasteiger partial charge < -0.3 is 4.74 Å². The van der Waals surface area contributed by atoms with Gasteiger partial charge in [0, 0.05) is 17.7 Å². The first-order chi connectivity index (χ1) is 11.9. The molecule has 0 bridgehead atoms. The van der Waals surface area contributed by atoms with Crippen LogP contribution in [-0.4, -0.2) is 22.8 Å². The van der Waals surface area contributed by atoms with E-state index in [9.17, 15) is 24.1 Å². The Morgan fingerprint density at radius 1 is 1.16 bits per heavy atom. The Morgan fingerprint density at radius 3 is 2.56 bits per heavy atom. The molecule has 1 atom stereocenters. The van der Waals surface area contributed by atoms with Crippen LogP contribution in [0.25, 0.3) is 0 Å². The third-order valence-electron chi connectivity index (χ3n) is 3.13. The summed E-state index contributed by atoms with van der Waals surface area (Å²) in [6.45, 7) is 1.38. The van der Waals surface area contributed by atoms with Gasteiger partial charge in [-0.2, -0.15) is 0 Å². The minimum atomic E-state index is -1.08. The van der Waals surface area contributed by atoms with Crippen LogP contribution < -0.4 is 15.6 Å². The van der Waals surface area contributed by atoms with Crippen molar-refractivity contribution in [1.82, 2.24) is 10.9 Å². The molecule has 130 valence electrons. The average molecular weight is 347 g/mol. The molecule has 2 aromatic rings. The van der Waals surface area contributed by atoms with Gasteiger partial charge in [-0.15, -0.1) is 0 Å². The van der Waals surface area contributed by atoms with Gasteiger partial charge in [-0.3, -0.25) is 30.6 Å². The lowest BCUT2D eigenvalue weighted by Crippen LogP contribution is -2.47. The lowest BCUT2D eigenvalue weighted by atomic mass is 10.2. The molecule has 0 radical (unpaired) electrons. The first-order valence-corrected chi connectivity index (χ1v) is 7.14. The van der Waals surface area contributed by atoms with Crippen molar-refractivity contribution in [2.75, 3.05) is 0 Å². The number of nitrogens with zero attached hydrogens (tertiary/aromatic N) is 1. The van der Waals surface area contributed by atoms with Crippen LogP contribution in [0.15, 0.2) is 48.5 Å².